The molecule has 2 amide bonds. The summed E-state index contributed by atoms with van der Waals surface area (Å²) in [5.41, 5.74) is 5.39. The van der Waals surface area contributed by atoms with E-state index in [9.17, 15) is 9.59 Å². The highest BCUT2D eigenvalue weighted by Gasteiger charge is 2.06. The molecule has 0 atom stereocenters. The summed E-state index contributed by atoms with van der Waals surface area (Å²) in [5, 5.41) is 6.94. The maximum atomic E-state index is 12.1. The van der Waals surface area contributed by atoms with Crippen LogP contribution in [0.2, 0.25) is 0 Å². The molecular weight excluding hydrogens is 314 g/mol. The van der Waals surface area contributed by atoms with Gasteiger partial charge in [0, 0.05) is 17.7 Å². The molecule has 0 spiro atoms. The minimum Gasteiger partial charge on any atom is -0.326 e. The van der Waals surface area contributed by atoms with Crippen molar-refractivity contribution in [3.8, 4) is 0 Å². The van der Waals surface area contributed by atoms with Crippen LogP contribution in [0.25, 0.3) is 0 Å². The standard InChI is InChI=1S/C20H23N3O2/c1-3-4-10-19(24)21-18-13-11-17(12-14-18)20(25)23-22-15(2)16-8-6-5-7-9-16/h5-9,11-14H,3-4,10H2,1-2H3,(H,21,24)(H,23,25). The predicted molar refractivity (Wildman–Crippen MR) is 101 cm³/mol. The van der Waals surface area contributed by atoms with E-state index >= 15 is 0 Å². The Morgan fingerprint density at radius 2 is 1.64 bits per heavy atom. The lowest BCUT2D eigenvalue weighted by atomic mass is 10.1. The molecule has 2 aromatic rings. The fourth-order valence-electron chi connectivity index (χ4n) is 2.21. The number of anilines is 1. The number of carbonyl (C=O) groups excluding carboxylic acids is 2. The van der Waals surface area contributed by atoms with Crippen LogP contribution in [0.1, 0.15) is 49.0 Å². The number of rotatable bonds is 7. The van der Waals surface area contributed by atoms with Crippen LogP contribution in [-0.2, 0) is 4.79 Å². The van der Waals surface area contributed by atoms with E-state index in [0.717, 1.165) is 24.1 Å². The van der Waals surface area contributed by atoms with Gasteiger partial charge in [-0.15, -0.1) is 0 Å². The fraction of sp³-hybridized carbons (Fsp3) is 0.250. The third-order valence-electron chi connectivity index (χ3n) is 3.70. The van der Waals surface area contributed by atoms with Crippen LogP contribution in [0, 0.1) is 0 Å². The third-order valence-corrected chi connectivity index (χ3v) is 3.70. The lowest BCUT2D eigenvalue weighted by molar-refractivity contribution is -0.116. The molecule has 0 saturated carbocycles. The lowest BCUT2D eigenvalue weighted by Gasteiger charge is -2.06. The lowest BCUT2D eigenvalue weighted by Crippen LogP contribution is -2.19. The first-order valence-corrected chi connectivity index (χ1v) is 8.40. The maximum absolute atomic E-state index is 12.1. The van der Waals surface area contributed by atoms with Crippen molar-refractivity contribution < 1.29 is 9.59 Å². The highest BCUT2D eigenvalue weighted by molar-refractivity contribution is 6.01. The normalized spacial score (nSPS) is 11.0. The van der Waals surface area contributed by atoms with Crippen molar-refractivity contribution in [1.29, 1.82) is 0 Å². The highest BCUT2D eigenvalue weighted by atomic mass is 16.2. The summed E-state index contributed by atoms with van der Waals surface area (Å²) in [6.45, 7) is 3.88. The summed E-state index contributed by atoms with van der Waals surface area (Å²) < 4.78 is 0. The van der Waals surface area contributed by atoms with Crippen molar-refractivity contribution in [2.45, 2.75) is 33.1 Å². The van der Waals surface area contributed by atoms with Crippen molar-refractivity contribution in [3.05, 3.63) is 65.7 Å². The van der Waals surface area contributed by atoms with Gasteiger partial charge >= 0.3 is 0 Å². The largest absolute Gasteiger partial charge is 0.326 e. The quantitative estimate of drug-likeness (QED) is 0.593. The van der Waals surface area contributed by atoms with Gasteiger partial charge in [0.15, 0.2) is 0 Å². The zero-order valence-electron chi connectivity index (χ0n) is 14.6. The van der Waals surface area contributed by atoms with Crippen LogP contribution in [0.3, 0.4) is 0 Å². The van der Waals surface area contributed by atoms with Crippen molar-refractivity contribution in [2.75, 3.05) is 5.32 Å². The number of hydrogen-bond acceptors (Lipinski definition) is 3. The number of carbonyl (C=O) groups is 2. The number of benzene rings is 2. The zero-order valence-corrected chi connectivity index (χ0v) is 14.6. The van der Waals surface area contributed by atoms with E-state index in [-0.39, 0.29) is 11.8 Å². The van der Waals surface area contributed by atoms with Crippen LogP contribution in [0.5, 0.6) is 0 Å². The minimum absolute atomic E-state index is 0.0119. The molecule has 0 heterocycles. The van der Waals surface area contributed by atoms with E-state index in [4.69, 9.17) is 0 Å². The first-order valence-electron chi connectivity index (χ1n) is 8.40. The van der Waals surface area contributed by atoms with Crippen LogP contribution >= 0.6 is 0 Å². The Hall–Kier alpha value is -2.95. The van der Waals surface area contributed by atoms with E-state index in [0.29, 0.717) is 17.7 Å². The summed E-state index contributed by atoms with van der Waals surface area (Å²) in [4.78, 5) is 23.8. The molecule has 2 N–H and O–H groups in total. The van der Waals surface area contributed by atoms with E-state index in [2.05, 4.69) is 15.8 Å². The Kier molecular flexibility index (Phi) is 6.89. The monoisotopic (exact) mass is 337 g/mol. The fourth-order valence-corrected chi connectivity index (χ4v) is 2.21. The number of amides is 2. The summed E-state index contributed by atoms with van der Waals surface area (Å²) in [5.74, 6) is -0.304. The van der Waals surface area contributed by atoms with E-state index < -0.39 is 0 Å². The average molecular weight is 337 g/mol. The topological polar surface area (TPSA) is 70.6 Å². The van der Waals surface area contributed by atoms with Gasteiger partial charge in [-0.3, -0.25) is 9.59 Å². The molecule has 2 rings (SSSR count). The average Bonchev–Trinajstić information content (AvgIpc) is 2.65. The molecule has 25 heavy (non-hydrogen) atoms. The van der Waals surface area contributed by atoms with Gasteiger partial charge in [-0.1, -0.05) is 43.7 Å². The van der Waals surface area contributed by atoms with Crippen molar-refractivity contribution in [3.63, 3.8) is 0 Å². The molecule has 0 unspecified atom stereocenters. The minimum atomic E-state index is -0.292. The first-order chi connectivity index (χ1) is 12.1. The van der Waals surface area contributed by atoms with E-state index in [1.165, 1.54) is 0 Å². The molecule has 5 nitrogen and oxygen atoms in total. The second kappa shape index (κ2) is 9.37. The summed E-state index contributed by atoms with van der Waals surface area (Å²) in [7, 11) is 0. The number of nitrogens with one attached hydrogen (secondary N) is 2. The second-order valence-electron chi connectivity index (χ2n) is 5.73. The van der Waals surface area contributed by atoms with Gasteiger partial charge in [0.05, 0.1) is 5.71 Å². The smallest absolute Gasteiger partial charge is 0.271 e. The number of hydrazone groups is 1. The number of nitrogens with zero attached hydrogens (tertiary/aromatic N) is 1. The Bertz CT molecular complexity index is 737. The second-order valence-corrected chi connectivity index (χ2v) is 5.73. The Morgan fingerprint density at radius 1 is 0.960 bits per heavy atom. The van der Waals surface area contributed by atoms with Gasteiger partial charge in [0.1, 0.15) is 0 Å². The molecule has 0 radical (unpaired) electrons. The van der Waals surface area contributed by atoms with E-state index in [1.807, 2.05) is 44.2 Å². The van der Waals surface area contributed by atoms with Crippen molar-refractivity contribution in [1.82, 2.24) is 5.43 Å². The summed E-state index contributed by atoms with van der Waals surface area (Å²) in [6, 6.07) is 16.4. The van der Waals surface area contributed by atoms with Gasteiger partial charge in [-0.05, 0) is 43.2 Å². The summed E-state index contributed by atoms with van der Waals surface area (Å²) in [6.07, 6.45) is 2.35. The molecule has 0 aliphatic rings. The van der Waals surface area contributed by atoms with Crippen LogP contribution in [0.4, 0.5) is 5.69 Å². The molecule has 130 valence electrons. The Balaban J connectivity index is 1.93. The predicted octanol–water partition coefficient (Wildman–Crippen LogP) is 3.97. The molecule has 2 aromatic carbocycles. The van der Waals surface area contributed by atoms with Crippen molar-refractivity contribution >= 4 is 23.2 Å². The van der Waals surface area contributed by atoms with Crippen LogP contribution in [0.15, 0.2) is 59.7 Å². The Labute approximate surface area is 148 Å². The molecule has 0 aliphatic carbocycles. The first kappa shape index (κ1) is 18.4. The summed E-state index contributed by atoms with van der Waals surface area (Å²) >= 11 is 0. The molecule has 5 heteroatoms. The highest BCUT2D eigenvalue weighted by Crippen LogP contribution is 2.11. The third kappa shape index (κ3) is 5.88. The van der Waals surface area contributed by atoms with Crippen LogP contribution < -0.4 is 10.7 Å². The molecule has 0 bridgehead atoms. The van der Waals surface area contributed by atoms with Gasteiger partial charge in [-0.2, -0.15) is 5.10 Å². The Morgan fingerprint density at radius 3 is 2.28 bits per heavy atom. The maximum Gasteiger partial charge on any atom is 0.271 e. The van der Waals surface area contributed by atoms with E-state index in [1.54, 1.807) is 24.3 Å². The number of hydrogen-bond donors (Lipinski definition) is 2. The SMILES string of the molecule is CCCCC(=O)Nc1ccc(C(=O)NN=C(C)c2ccccc2)cc1. The zero-order chi connectivity index (χ0) is 18.1. The van der Waals surface area contributed by atoms with Crippen molar-refractivity contribution in [2.24, 2.45) is 5.10 Å². The van der Waals surface area contributed by atoms with Gasteiger partial charge in [0.2, 0.25) is 5.91 Å². The van der Waals surface area contributed by atoms with Gasteiger partial charge in [0.25, 0.3) is 5.91 Å². The molecule has 0 fully saturated rings. The molecular formula is C20H23N3O2. The molecule has 0 aliphatic heterocycles. The molecule has 0 aromatic heterocycles. The van der Waals surface area contributed by atoms with Gasteiger partial charge in [-0.25, -0.2) is 5.43 Å². The number of unbranched alkanes of at least 4 members (excludes halogenated alkanes) is 1. The molecule has 0 saturated heterocycles. The van der Waals surface area contributed by atoms with Gasteiger partial charge < -0.3 is 5.32 Å². The van der Waals surface area contributed by atoms with Crippen LogP contribution in [-0.4, -0.2) is 17.5 Å².